The fourth-order valence-corrected chi connectivity index (χ4v) is 4.26. The molecule has 0 spiro atoms. The summed E-state index contributed by atoms with van der Waals surface area (Å²) in [4.78, 5) is 5.05. The summed E-state index contributed by atoms with van der Waals surface area (Å²) in [5, 5.41) is 9.18. The van der Waals surface area contributed by atoms with Crippen molar-refractivity contribution < 1.29 is 9.47 Å². The number of rotatable bonds is 9. The van der Waals surface area contributed by atoms with E-state index in [0.29, 0.717) is 17.1 Å². The number of hydrogen-bond donors (Lipinski definition) is 0. The smallest absolute Gasteiger partial charge is 0.162 e. The van der Waals surface area contributed by atoms with E-state index in [1.165, 1.54) is 5.56 Å². The first kappa shape index (κ1) is 22.8. The zero-order valence-corrected chi connectivity index (χ0v) is 19.2. The third kappa shape index (κ3) is 6.35. The molecule has 0 N–H and O–H groups in total. The first-order valence-corrected chi connectivity index (χ1v) is 11.5. The van der Waals surface area contributed by atoms with Gasteiger partial charge in [0.2, 0.25) is 0 Å². The molecule has 1 heterocycles. The van der Waals surface area contributed by atoms with Gasteiger partial charge < -0.3 is 14.4 Å². The van der Waals surface area contributed by atoms with Gasteiger partial charge in [0.15, 0.2) is 11.5 Å². The maximum Gasteiger partial charge on any atom is 0.162 e. The van der Waals surface area contributed by atoms with Gasteiger partial charge in [0.25, 0.3) is 0 Å². The number of benzene rings is 3. The van der Waals surface area contributed by atoms with E-state index < -0.39 is 0 Å². The molecule has 5 heteroatoms. The second-order valence-corrected chi connectivity index (χ2v) is 8.39. The number of piperazine rings is 1. The molecule has 170 valence electrons. The molecule has 0 radical (unpaired) electrons. The monoisotopic (exact) mass is 441 g/mol. The van der Waals surface area contributed by atoms with E-state index >= 15 is 0 Å². The van der Waals surface area contributed by atoms with Crippen molar-refractivity contribution >= 4 is 0 Å². The van der Waals surface area contributed by atoms with Gasteiger partial charge in [-0.05, 0) is 23.3 Å². The summed E-state index contributed by atoms with van der Waals surface area (Å²) < 4.78 is 11.9. The lowest BCUT2D eigenvalue weighted by atomic mass is 10.1. The molecule has 1 aliphatic heterocycles. The Hall–Kier alpha value is -3.33. The number of nitrogens with zero attached hydrogens (tertiary/aromatic N) is 3. The van der Waals surface area contributed by atoms with E-state index in [1.807, 2.05) is 24.3 Å². The van der Waals surface area contributed by atoms with Gasteiger partial charge in [-0.15, -0.1) is 0 Å². The molecule has 4 rings (SSSR count). The molecule has 1 aliphatic rings. The molecule has 0 saturated carbocycles. The SMILES string of the molecule is COc1cc(C#N)ccc1OC(CCN1CCN(Cc2ccccc2)CC1)c1ccccc1. The Morgan fingerprint density at radius 2 is 1.52 bits per heavy atom. The third-order valence-corrected chi connectivity index (χ3v) is 6.15. The third-order valence-electron chi connectivity index (χ3n) is 6.15. The van der Waals surface area contributed by atoms with Crippen LogP contribution in [0.2, 0.25) is 0 Å². The van der Waals surface area contributed by atoms with Crippen molar-refractivity contribution in [2.75, 3.05) is 39.8 Å². The Bertz CT molecular complexity index is 1040. The van der Waals surface area contributed by atoms with Gasteiger partial charge in [0.05, 0.1) is 18.7 Å². The number of methoxy groups -OCH3 is 1. The molecule has 0 bridgehead atoms. The van der Waals surface area contributed by atoms with Crippen LogP contribution in [-0.2, 0) is 6.54 Å². The van der Waals surface area contributed by atoms with Crippen molar-refractivity contribution in [3.05, 3.63) is 95.6 Å². The average molecular weight is 442 g/mol. The topological polar surface area (TPSA) is 48.7 Å². The molecule has 5 nitrogen and oxygen atoms in total. The van der Waals surface area contributed by atoms with Gasteiger partial charge in [-0.3, -0.25) is 4.90 Å². The van der Waals surface area contributed by atoms with Crippen LogP contribution in [0, 0.1) is 11.3 Å². The average Bonchev–Trinajstić information content (AvgIpc) is 2.88. The van der Waals surface area contributed by atoms with E-state index in [2.05, 4.69) is 58.3 Å². The number of hydrogen-bond acceptors (Lipinski definition) is 5. The molecule has 1 unspecified atom stereocenters. The van der Waals surface area contributed by atoms with Gasteiger partial charge in [-0.2, -0.15) is 5.26 Å². The minimum absolute atomic E-state index is 0.0876. The predicted octanol–water partition coefficient (Wildman–Crippen LogP) is 4.89. The second kappa shape index (κ2) is 11.5. The van der Waals surface area contributed by atoms with Crippen LogP contribution < -0.4 is 9.47 Å². The summed E-state index contributed by atoms with van der Waals surface area (Å²) >= 11 is 0. The predicted molar refractivity (Wildman–Crippen MR) is 130 cm³/mol. The molecular formula is C28H31N3O2. The molecule has 3 aromatic rings. The van der Waals surface area contributed by atoms with Crippen LogP contribution in [0.25, 0.3) is 0 Å². The van der Waals surface area contributed by atoms with Crippen molar-refractivity contribution in [1.82, 2.24) is 9.80 Å². The minimum Gasteiger partial charge on any atom is -0.493 e. The fourth-order valence-electron chi connectivity index (χ4n) is 4.26. The lowest BCUT2D eigenvalue weighted by Crippen LogP contribution is -2.46. The van der Waals surface area contributed by atoms with Crippen LogP contribution in [0.15, 0.2) is 78.9 Å². The highest BCUT2D eigenvalue weighted by atomic mass is 16.5. The van der Waals surface area contributed by atoms with Gasteiger partial charge in [0.1, 0.15) is 6.10 Å². The Morgan fingerprint density at radius 1 is 0.848 bits per heavy atom. The summed E-state index contributed by atoms with van der Waals surface area (Å²) in [5.41, 5.74) is 3.08. The highest BCUT2D eigenvalue weighted by Crippen LogP contribution is 2.33. The molecular weight excluding hydrogens is 410 g/mol. The standard InChI is InChI=1S/C28H31N3O2/c1-32-28-20-24(21-29)12-13-27(28)33-26(25-10-6-3-7-11-25)14-15-30-16-18-31(19-17-30)22-23-8-4-2-5-9-23/h2-13,20,26H,14-19,22H2,1H3. The lowest BCUT2D eigenvalue weighted by molar-refractivity contribution is 0.106. The maximum atomic E-state index is 9.18. The van der Waals surface area contributed by atoms with Crippen LogP contribution in [-0.4, -0.2) is 49.6 Å². The quantitative estimate of drug-likeness (QED) is 0.473. The highest BCUT2D eigenvalue weighted by Gasteiger charge is 2.21. The fraction of sp³-hybridized carbons (Fsp3) is 0.321. The van der Waals surface area contributed by atoms with Gasteiger partial charge in [-0.25, -0.2) is 0 Å². The van der Waals surface area contributed by atoms with E-state index in [1.54, 1.807) is 19.2 Å². The highest BCUT2D eigenvalue weighted by molar-refractivity contribution is 5.47. The zero-order valence-electron chi connectivity index (χ0n) is 19.2. The molecule has 0 amide bonds. The van der Waals surface area contributed by atoms with Crippen molar-refractivity contribution in [3.63, 3.8) is 0 Å². The van der Waals surface area contributed by atoms with Crippen LogP contribution in [0.4, 0.5) is 0 Å². The Kier molecular flexibility index (Phi) is 7.97. The number of nitriles is 1. The van der Waals surface area contributed by atoms with Crippen LogP contribution in [0.1, 0.15) is 29.2 Å². The molecule has 1 saturated heterocycles. The largest absolute Gasteiger partial charge is 0.493 e. The summed E-state index contributed by atoms with van der Waals surface area (Å²) in [5.74, 6) is 1.25. The number of ether oxygens (including phenoxy) is 2. The van der Waals surface area contributed by atoms with Gasteiger partial charge >= 0.3 is 0 Å². The summed E-state index contributed by atoms with van der Waals surface area (Å²) in [6, 6.07) is 28.5. The molecule has 33 heavy (non-hydrogen) atoms. The molecule has 1 fully saturated rings. The van der Waals surface area contributed by atoms with Crippen LogP contribution >= 0.6 is 0 Å². The Morgan fingerprint density at radius 3 is 2.18 bits per heavy atom. The molecule has 3 aromatic carbocycles. The van der Waals surface area contributed by atoms with E-state index in [0.717, 1.165) is 51.3 Å². The maximum absolute atomic E-state index is 9.18. The Balaban J connectivity index is 1.37. The van der Waals surface area contributed by atoms with Crippen LogP contribution in [0.3, 0.4) is 0 Å². The van der Waals surface area contributed by atoms with E-state index in [9.17, 15) is 5.26 Å². The van der Waals surface area contributed by atoms with Gasteiger partial charge in [0, 0.05) is 51.8 Å². The van der Waals surface area contributed by atoms with Crippen molar-refractivity contribution in [1.29, 1.82) is 5.26 Å². The van der Waals surface area contributed by atoms with E-state index in [-0.39, 0.29) is 6.10 Å². The zero-order chi connectivity index (χ0) is 22.9. The van der Waals surface area contributed by atoms with Crippen LogP contribution in [0.5, 0.6) is 11.5 Å². The van der Waals surface area contributed by atoms with Crippen molar-refractivity contribution in [3.8, 4) is 17.6 Å². The normalized spacial score (nSPS) is 15.5. The molecule has 0 aliphatic carbocycles. The second-order valence-electron chi connectivity index (χ2n) is 8.39. The van der Waals surface area contributed by atoms with E-state index in [4.69, 9.17) is 9.47 Å². The van der Waals surface area contributed by atoms with Gasteiger partial charge in [-0.1, -0.05) is 60.7 Å². The summed E-state index contributed by atoms with van der Waals surface area (Å²) in [6.45, 7) is 6.27. The molecule has 0 aromatic heterocycles. The first-order chi connectivity index (χ1) is 16.2. The summed E-state index contributed by atoms with van der Waals surface area (Å²) in [7, 11) is 1.61. The minimum atomic E-state index is -0.0876. The summed E-state index contributed by atoms with van der Waals surface area (Å²) in [6.07, 6.45) is 0.793. The lowest BCUT2D eigenvalue weighted by Gasteiger charge is -2.35. The van der Waals surface area contributed by atoms with Crippen molar-refractivity contribution in [2.45, 2.75) is 19.1 Å². The first-order valence-electron chi connectivity index (χ1n) is 11.5. The molecule has 1 atom stereocenters. The van der Waals surface area contributed by atoms with Crippen molar-refractivity contribution in [2.24, 2.45) is 0 Å². The Labute approximate surface area is 196 Å².